The summed E-state index contributed by atoms with van der Waals surface area (Å²) in [5, 5.41) is 11.5. The normalized spacial score (nSPS) is 12.1. The number of carboxylic acids is 1. The number of nitrogens with one attached hydrogen (secondary N) is 1. The van der Waals surface area contributed by atoms with E-state index in [0.29, 0.717) is 12.2 Å². The molecule has 0 aromatic carbocycles. The second kappa shape index (κ2) is 10.4. The zero-order valence-corrected chi connectivity index (χ0v) is 11.5. The van der Waals surface area contributed by atoms with E-state index in [4.69, 9.17) is 5.11 Å². The molecule has 0 saturated heterocycles. The zero-order valence-electron chi connectivity index (χ0n) is 10.7. The van der Waals surface area contributed by atoms with Gasteiger partial charge in [-0.25, -0.2) is 4.79 Å². The van der Waals surface area contributed by atoms with Crippen LogP contribution in [0.1, 0.15) is 46.0 Å². The van der Waals surface area contributed by atoms with Gasteiger partial charge in [0, 0.05) is 0 Å². The van der Waals surface area contributed by atoms with E-state index < -0.39 is 12.0 Å². The number of carbonyl (C=O) groups is 2. The second-order valence-corrected chi connectivity index (χ2v) is 5.11. The summed E-state index contributed by atoms with van der Waals surface area (Å²) in [4.78, 5) is 22.4. The highest BCUT2D eigenvalue weighted by Gasteiger charge is 2.18. The van der Waals surface area contributed by atoms with E-state index in [-0.39, 0.29) is 5.91 Å². The first kappa shape index (κ1) is 16.3. The summed E-state index contributed by atoms with van der Waals surface area (Å²) in [6.45, 7) is 4.10. The van der Waals surface area contributed by atoms with Crippen molar-refractivity contribution in [3.05, 3.63) is 0 Å². The quantitative estimate of drug-likeness (QED) is 0.592. The molecule has 0 rings (SSSR count). The van der Waals surface area contributed by atoms with Crippen molar-refractivity contribution < 1.29 is 14.7 Å². The van der Waals surface area contributed by atoms with Crippen LogP contribution in [0.4, 0.5) is 0 Å². The Hall–Kier alpha value is -0.710. The minimum atomic E-state index is -0.939. The monoisotopic (exact) mass is 261 g/mol. The van der Waals surface area contributed by atoms with E-state index in [0.717, 1.165) is 31.4 Å². The van der Waals surface area contributed by atoms with Crippen LogP contribution >= 0.6 is 11.8 Å². The van der Waals surface area contributed by atoms with Crippen molar-refractivity contribution in [1.29, 1.82) is 0 Å². The van der Waals surface area contributed by atoms with Crippen LogP contribution < -0.4 is 5.32 Å². The highest BCUT2D eigenvalue weighted by Crippen LogP contribution is 2.05. The number of amides is 1. The standard InChI is InChI=1S/C12H23NO3S/c1-3-5-7-10(12(15)16)13-11(14)9-17-8-6-4-2/h10H,3-9H2,1-2H3,(H,13,14)(H,15,16)/t10-/m0/s1. The van der Waals surface area contributed by atoms with Gasteiger partial charge in [0.15, 0.2) is 0 Å². The molecule has 2 N–H and O–H groups in total. The number of aliphatic carboxylic acids is 1. The smallest absolute Gasteiger partial charge is 0.326 e. The van der Waals surface area contributed by atoms with Crippen molar-refractivity contribution in [3.8, 4) is 0 Å². The lowest BCUT2D eigenvalue weighted by Crippen LogP contribution is -2.41. The summed E-state index contributed by atoms with van der Waals surface area (Å²) >= 11 is 1.56. The Kier molecular flexibility index (Phi) is 10.0. The highest BCUT2D eigenvalue weighted by atomic mass is 32.2. The van der Waals surface area contributed by atoms with Gasteiger partial charge in [-0.1, -0.05) is 33.1 Å². The number of unbranched alkanes of at least 4 members (excludes halogenated alkanes) is 2. The summed E-state index contributed by atoms with van der Waals surface area (Å²) in [7, 11) is 0. The maximum absolute atomic E-state index is 11.5. The lowest BCUT2D eigenvalue weighted by Gasteiger charge is -2.13. The van der Waals surface area contributed by atoms with E-state index in [1.165, 1.54) is 0 Å². The zero-order chi connectivity index (χ0) is 13.1. The van der Waals surface area contributed by atoms with Crippen LogP contribution in [-0.2, 0) is 9.59 Å². The molecule has 1 atom stereocenters. The number of carbonyl (C=O) groups excluding carboxylic acids is 1. The van der Waals surface area contributed by atoms with Crippen LogP contribution in [-0.4, -0.2) is 34.5 Å². The van der Waals surface area contributed by atoms with Gasteiger partial charge in [-0.15, -0.1) is 0 Å². The lowest BCUT2D eigenvalue weighted by molar-refractivity contribution is -0.141. The van der Waals surface area contributed by atoms with E-state index >= 15 is 0 Å². The van der Waals surface area contributed by atoms with Crippen LogP contribution in [0, 0.1) is 0 Å². The molecule has 0 unspecified atom stereocenters. The van der Waals surface area contributed by atoms with Crippen LogP contribution in [0.25, 0.3) is 0 Å². The molecule has 0 aliphatic heterocycles. The van der Waals surface area contributed by atoms with Crippen LogP contribution in [0.5, 0.6) is 0 Å². The van der Waals surface area contributed by atoms with Crippen LogP contribution in [0.3, 0.4) is 0 Å². The number of thioether (sulfide) groups is 1. The molecule has 0 aliphatic rings. The van der Waals surface area contributed by atoms with E-state index in [1.807, 2.05) is 6.92 Å². The van der Waals surface area contributed by atoms with Crippen LogP contribution in [0.2, 0.25) is 0 Å². The van der Waals surface area contributed by atoms with Gasteiger partial charge >= 0.3 is 5.97 Å². The van der Waals surface area contributed by atoms with Gasteiger partial charge < -0.3 is 10.4 Å². The average molecular weight is 261 g/mol. The first-order valence-corrected chi connectivity index (χ1v) is 7.37. The molecule has 4 nitrogen and oxygen atoms in total. The molecule has 100 valence electrons. The summed E-state index contributed by atoms with van der Waals surface area (Å²) in [6.07, 6.45) is 4.47. The highest BCUT2D eigenvalue weighted by molar-refractivity contribution is 7.99. The molecule has 0 radical (unpaired) electrons. The fourth-order valence-electron chi connectivity index (χ4n) is 1.31. The van der Waals surface area contributed by atoms with E-state index in [2.05, 4.69) is 12.2 Å². The van der Waals surface area contributed by atoms with Crippen LogP contribution in [0.15, 0.2) is 0 Å². The van der Waals surface area contributed by atoms with Gasteiger partial charge in [-0.2, -0.15) is 11.8 Å². The minimum absolute atomic E-state index is 0.172. The fraction of sp³-hybridized carbons (Fsp3) is 0.833. The maximum atomic E-state index is 11.5. The van der Waals surface area contributed by atoms with Gasteiger partial charge in [-0.05, 0) is 18.6 Å². The third kappa shape index (κ3) is 9.03. The Balaban J connectivity index is 3.83. The molecule has 0 fully saturated rings. The predicted molar refractivity (Wildman–Crippen MR) is 71.3 cm³/mol. The first-order chi connectivity index (χ1) is 8.11. The molecule has 0 spiro atoms. The van der Waals surface area contributed by atoms with E-state index in [9.17, 15) is 9.59 Å². The minimum Gasteiger partial charge on any atom is -0.480 e. The van der Waals surface area contributed by atoms with E-state index in [1.54, 1.807) is 11.8 Å². The number of hydrogen-bond donors (Lipinski definition) is 2. The second-order valence-electron chi connectivity index (χ2n) is 4.01. The average Bonchev–Trinajstić information content (AvgIpc) is 2.29. The molecule has 0 heterocycles. The topological polar surface area (TPSA) is 66.4 Å². The van der Waals surface area contributed by atoms with Crippen molar-refractivity contribution in [1.82, 2.24) is 5.32 Å². The predicted octanol–water partition coefficient (Wildman–Crippen LogP) is 2.28. The third-order valence-electron chi connectivity index (χ3n) is 2.36. The molecular weight excluding hydrogens is 238 g/mol. The Morgan fingerprint density at radius 2 is 1.88 bits per heavy atom. The Morgan fingerprint density at radius 3 is 2.41 bits per heavy atom. The molecule has 17 heavy (non-hydrogen) atoms. The summed E-state index contributed by atoms with van der Waals surface area (Å²) in [5.41, 5.74) is 0. The van der Waals surface area contributed by atoms with Crippen molar-refractivity contribution >= 4 is 23.6 Å². The van der Waals surface area contributed by atoms with Gasteiger partial charge in [-0.3, -0.25) is 4.79 Å². The Labute approximate surface area is 108 Å². The van der Waals surface area contributed by atoms with Gasteiger partial charge in [0.25, 0.3) is 0 Å². The van der Waals surface area contributed by atoms with Crippen molar-refractivity contribution in [2.24, 2.45) is 0 Å². The fourth-order valence-corrected chi connectivity index (χ4v) is 2.22. The molecule has 0 bridgehead atoms. The summed E-state index contributed by atoms with van der Waals surface area (Å²) in [5.74, 6) is 0.201. The number of carboxylic acid groups (broad SMARTS) is 1. The number of hydrogen-bond acceptors (Lipinski definition) is 3. The maximum Gasteiger partial charge on any atom is 0.326 e. The Morgan fingerprint density at radius 1 is 1.24 bits per heavy atom. The molecule has 1 amide bonds. The molecule has 0 saturated carbocycles. The largest absolute Gasteiger partial charge is 0.480 e. The number of rotatable bonds is 10. The lowest BCUT2D eigenvalue weighted by atomic mass is 10.1. The van der Waals surface area contributed by atoms with Gasteiger partial charge in [0.2, 0.25) is 5.91 Å². The van der Waals surface area contributed by atoms with Gasteiger partial charge in [0.05, 0.1) is 5.75 Å². The van der Waals surface area contributed by atoms with Crippen molar-refractivity contribution in [2.75, 3.05) is 11.5 Å². The first-order valence-electron chi connectivity index (χ1n) is 6.21. The molecule has 0 aromatic rings. The molecular formula is C12H23NO3S. The summed E-state index contributed by atoms with van der Waals surface area (Å²) in [6, 6.07) is -0.728. The SMILES string of the molecule is CCCCSCC(=O)N[C@@H](CCCC)C(=O)O. The Bertz CT molecular complexity index is 234. The molecule has 0 aliphatic carbocycles. The van der Waals surface area contributed by atoms with Crippen molar-refractivity contribution in [3.63, 3.8) is 0 Å². The van der Waals surface area contributed by atoms with Gasteiger partial charge in [0.1, 0.15) is 6.04 Å². The third-order valence-corrected chi connectivity index (χ3v) is 3.40. The van der Waals surface area contributed by atoms with Crippen molar-refractivity contribution in [2.45, 2.75) is 52.0 Å². The summed E-state index contributed by atoms with van der Waals surface area (Å²) < 4.78 is 0. The molecule has 0 aromatic heterocycles. The molecule has 5 heteroatoms.